The average molecular weight is 362 g/mol. The predicted octanol–water partition coefficient (Wildman–Crippen LogP) is 4.13. The highest BCUT2D eigenvalue weighted by Crippen LogP contribution is 2.35. The first-order chi connectivity index (χ1) is 13.1. The molecule has 1 N–H and O–H groups in total. The molecule has 2 aromatic rings. The predicted molar refractivity (Wildman–Crippen MR) is 105 cm³/mol. The van der Waals surface area contributed by atoms with Crippen molar-refractivity contribution in [2.75, 3.05) is 11.9 Å². The van der Waals surface area contributed by atoms with Gasteiger partial charge in [-0.25, -0.2) is 0 Å². The summed E-state index contributed by atoms with van der Waals surface area (Å²) in [6, 6.07) is 13.2. The first-order valence-corrected chi connectivity index (χ1v) is 9.00. The molecule has 27 heavy (non-hydrogen) atoms. The van der Waals surface area contributed by atoms with Crippen molar-refractivity contribution < 1.29 is 14.3 Å². The molecule has 1 amide bonds. The SMILES string of the molecule is CCOc1cc2c(cc1/C=C/C(=O)Nc1ccc(CC#N)cc1)O[C@H](C)C2. The van der Waals surface area contributed by atoms with Crippen LogP contribution in [0.2, 0.25) is 0 Å². The number of hydrogen-bond donors (Lipinski definition) is 1. The molecular weight excluding hydrogens is 340 g/mol. The molecule has 0 bridgehead atoms. The molecule has 3 rings (SSSR count). The third-order valence-corrected chi connectivity index (χ3v) is 4.25. The van der Waals surface area contributed by atoms with Crippen LogP contribution in [0.4, 0.5) is 5.69 Å². The van der Waals surface area contributed by atoms with Crippen LogP contribution >= 0.6 is 0 Å². The van der Waals surface area contributed by atoms with Gasteiger partial charge in [-0.1, -0.05) is 12.1 Å². The lowest BCUT2D eigenvalue weighted by molar-refractivity contribution is -0.111. The van der Waals surface area contributed by atoms with Crippen molar-refractivity contribution in [1.29, 1.82) is 5.26 Å². The number of benzene rings is 2. The van der Waals surface area contributed by atoms with E-state index in [9.17, 15) is 4.79 Å². The number of rotatable bonds is 6. The summed E-state index contributed by atoms with van der Waals surface area (Å²) in [5, 5.41) is 11.5. The van der Waals surface area contributed by atoms with Gasteiger partial charge < -0.3 is 14.8 Å². The monoisotopic (exact) mass is 362 g/mol. The van der Waals surface area contributed by atoms with E-state index in [4.69, 9.17) is 14.7 Å². The summed E-state index contributed by atoms with van der Waals surface area (Å²) in [7, 11) is 0. The van der Waals surface area contributed by atoms with Gasteiger partial charge in [0.05, 0.1) is 19.1 Å². The van der Waals surface area contributed by atoms with E-state index >= 15 is 0 Å². The Balaban J connectivity index is 1.72. The Morgan fingerprint density at radius 2 is 2.15 bits per heavy atom. The summed E-state index contributed by atoms with van der Waals surface area (Å²) in [4.78, 5) is 12.2. The summed E-state index contributed by atoms with van der Waals surface area (Å²) in [6.07, 6.45) is 4.58. The number of nitriles is 1. The minimum absolute atomic E-state index is 0.154. The van der Waals surface area contributed by atoms with E-state index in [1.165, 1.54) is 6.08 Å². The molecular formula is C22H22N2O3. The highest BCUT2D eigenvalue weighted by Gasteiger charge is 2.21. The van der Waals surface area contributed by atoms with Gasteiger partial charge in [-0.05, 0) is 49.8 Å². The van der Waals surface area contributed by atoms with Crippen LogP contribution in [0.15, 0.2) is 42.5 Å². The van der Waals surface area contributed by atoms with Crippen molar-refractivity contribution in [3.8, 4) is 17.6 Å². The molecule has 5 heteroatoms. The topological polar surface area (TPSA) is 71.3 Å². The fraction of sp³-hybridized carbons (Fsp3) is 0.273. The van der Waals surface area contributed by atoms with Gasteiger partial charge in [-0.15, -0.1) is 0 Å². The lowest BCUT2D eigenvalue weighted by atomic mass is 10.1. The van der Waals surface area contributed by atoms with E-state index in [1.54, 1.807) is 18.2 Å². The van der Waals surface area contributed by atoms with Crippen molar-refractivity contribution >= 4 is 17.7 Å². The molecule has 0 radical (unpaired) electrons. The maximum atomic E-state index is 12.2. The van der Waals surface area contributed by atoms with Gasteiger partial charge in [0.1, 0.15) is 17.6 Å². The number of anilines is 1. The molecule has 1 heterocycles. The highest BCUT2D eigenvalue weighted by atomic mass is 16.5. The van der Waals surface area contributed by atoms with E-state index < -0.39 is 0 Å². The summed E-state index contributed by atoms with van der Waals surface area (Å²) in [5.74, 6) is 1.36. The Bertz CT molecular complexity index is 895. The molecule has 0 spiro atoms. The number of carbonyl (C=O) groups is 1. The molecule has 0 aromatic heterocycles. The third kappa shape index (κ3) is 4.68. The van der Waals surface area contributed by atoms with Crippen LogP contribution in [-0.4, -0.2) is 18.6 Å². The normalized spacial score (nSPS) is 15.1. The Hall–Kier alpha value is -3.26. The van der Waals surface area contributed by atoms with Crippen molar-refractivity contribution in [1.82, 2.24) is 0 Å². The average Bonchev–Trinajstić information content (AvgIpc) is 3.01. The van der Waals surface area contributed by atoms with Gasteiger partial charge in [0, 0.05) is 29.3 Å². The van der Waals surface area contributed by atoms with Crippen molar-refractivity contribution in [2.24, 2.45) is 0 Å². The smallest absolute Gasteiger partial charge is 0.248 e. The first kappa shape index (κ1) is 18.5. The third-order valence-electron chi connectivity index (χ3n) is 4.25. The van der Waals surface area contributed by atoms with Crippen molar-refractivity contribution in [3.63, 3.8) is 0 Å². The second-order valence-electron chi connectivity index (χ2n) is 6.42. The summed E-state index contributed by atoms with van der Waals surface area (Å²) in [5.41, 5.74) is 3.54. The Labute approximate surface area is 159 Å². The number of nitrogens with zero attached hydrogens (tertiary/aromatic N) is 1. The lowest BCUT2D eigenvalue weighted by Crippen LogP contribution is -2.07. The zero-order chi connectivity index (χ0) is 19.2. The molecule has 0 saturated carbocycles. The molecule has 5 nitrogen and oxygen atoms in total. The quantitative estimate of drug-likeness (QED) is 0.785. The highest BCUT2D eigenvalue weighted by molar-refractivity contribution is 6.02. The van der Waals surface area contributed by atoms with E-state index in [-0.39, 0.29) is 12.0 Å². The number of carbonyl (C=O) groups excluding carboxylic acids is 1. The van der Waals surface area contributed by atoms with Crippen LogP contribution in [0, 0.1) is 11.3 Å². The van der Waals surface area contributed by atoms with Gasteiger partial charge in [-0.3, -0.25) is 4.79 Å². The summed E-state index contributed by atoms with van der Waals surface area (Å²) >= 11 is 0. The van der Waals surface area contributed by atoms with Crippen molar-refractivity contribution in [3.05, 3.63) is 59.2 Å². The van der Waals surface area contributed by atoms with Gasteiger partial charge >= 0.3 is 0 Å². The zero-order valence-electron chi connectivity index (χ0n) is 15.5. The minimum Gasteiger partial charge on any atom is -0.493 e. The van der Waals surface area contributed by atoms with Crippen LogP contribution in [0.25, 0.3) is 6.08 Å². The number of amides is 1. The molecule has 0 unspecified atom stereocenters. The number of nitrogens with one attached hydrogen (secondary N) is 1. The Morgan fingerprint density at radius 1 is 1.37 bits per heavy atom. The number of ether oxygens (including phenoxy) is 2. The lowest BCUT2D eigenvalue weighted by Gasteiger charge is -2.10. The molecule has 0 saturated heterocycles. The van der Waals surface area contributed by atoms with Crippen LogP contribution in [0.1, 0.15) is 30.5 Å². The van der Waals surface area contributed by atoms with Gasteiger partial charge in [0.25, 0.3) is 0 Å². The second-order valence-corrected chi connectivity index (χ2v) is 6.42. The maximum absolute atomic E-state index is 12.2. The van der Waals surface area contributed by atoms with E-state index in [2.05, 4.69) is 11.4 Å². The van der Waals surface area contributed by atoms with Gasteiger partial charge in [0.15, 0.2) is 0 Å². The van der Waals surface area contributed by atoms with Crippen LogP contribution < -0.4 is 14.8 Å². The van der Waals surface area contributed by atoms with Crippen LogP contribution in [0.3, 0.4) is 0 Å². The molecule has 1 aliphatic heterocycles. The van der Waals surface area contributed by atoms with E-state index in [1.807, 2.05) is 38.1 Å². The van der Waals surface area contributed by atoms with Crippen LogP contribution in [0.5, 0.6) is 11.5 Å². The second kappa shape index (κ2) is 8.41. The molecule has 1 atom stereocenters. The fourth-order valence-electron chi connectivity index (χ4n) is 3.01. The van der Waals surface area contributed by atoms with E-state index in [0.717, 1.165) is 34.6 Å². The fourth-order valence-corrected chi connectivity index (χ4v) is 3.01. The maximum Gasteiger partial charge on any atom is 0.248 e. The van der Waals surface area contributed by atoms with Gasteiger partial charge in [-0.2, -0.15) is 5.26 Å². The first-order valence-electron chi connectivity index (χ1n) is 9.00. The number of hydrogen-bond acceptors (Lipinski definition) is 4. The molecule has 0 fully saturated rings. The molecule has 138 valence electrons. The van der Waals surface area contributed by atoms with Gasteiger partial charge in [0.2, 0.25) is 5.91 Å². The minimum atomic E-state index is -0.236. The van der Waals surface area contributed by atoms with Crippen LogP contribution in [-0.2, 0) is 17.6 Å². The Kier molecular flexibility index (Phi) is 5.77. The molecule has 1 aliphatic rings. The molecule has 0 aliphatic carbocycles. The molecule has 2 aromatic carbocycles. The zero-order valence-corrected chi connectivity index (χ0v) is 15.5. The Morgan fingerprint density at radius 3 is 2.85 bits per heavy atom. The largest absolute Gasteiger partial charge is 0.493 e. The summed E-state index contributed by atoms with van der Waals surface area (Å²) in [6.45, 7) is 4.52. The number of fused-ring (bicyclic) bond motifs is 1. The standard InChI is InChI=1S/C22H22N2O3/c1-3-26-20-14-18-12-15(2)27-21(18)13-17(20)6-9-22(25)24-19-7-4-16(5-8-19)10-11-23/h4-9,13-15H,3,10,12H2,1-2H3,(H,24,25)/b9-6+/t15-/m1/s1. The van der Waals surface area contributed by atoms with E-state index in [0.29, 0.717) is 18.7 Å². The summed E-state index contributed by atoms with van der Waals surface area (Å²) < 4.78 is 11.5. The van der Waals surface area contributed by atoms with Crippen molar-refractivity contribution in [2.45, 2.75) is 32.8 Å².